The minimum absolute atomic E-state index is 0.101. The average Bonchev–Trinajstić information content (AvgIpc) is 3.75. The Morgan fingerprint density at radius 2 is 1.68 bits per heavy atom. The molecule has 37 heavy (non-hydrogen) atoms. The molecule has 0 bridgehead atoms. The predicted octanol–water partition coefficient (Wildman–Crippen LogP) is 2.05. The Balaban J connectivity index is 1.40. The maximum absolute atomic E-state index is 13.6. The fourth-order valence-corrected chi connectivity index (χ4v) is 6.61. The van der Waals surface area contributed by atoms with Crippen molar-refractivity contribution < 1.29 is 34.8 Å². The number of primary amides is 1. The molecule has 0 saturated heterocycles. The summed E-state index contributed by atoms with van der Waals surface area (Å²) in [5.41, 5.74) is 3.74. The first-order valence-corrected chi connectivity index (χ1v) is 13.1. The molecule has 6 N–H and O–H groups in total. The first kappa shape index (κ1) is 24.2. The number of phenols is 1. The molecule has 3 atom stereocenters. The van der Waals surface area contributed by atoms with Gasteiger partial charge >= 0.3 is 0 Å². The van der Waals surface area contributed by atoms with Gasteiger partial charge in [0.05, 0.1) is 5.56 Å². The highest BCUT2D eigenvalue weighted by atomic mass is 16.3. The van der Waals surface area contributed by atoms with Crippen LogP contribution in [0.15, 0.2) is 29.0 Å². The lowest BCUT2D eigenvalue weighted by Crippen LogP contribution is -2.58. The summed E-state index contributed by atoms with van der Waals surface area (Å²) in [5, 5.41) is 44.1. The van der Waals surface area contributed by atoms with Gasteiger partial charge in [0.15, 0.2) is 11.4 Å². The Kier molecular flexibility index (Phi) is 5.51. The molecule has 1 amide bonds. The van der Waals surface area contributed by atoms with Gasteiger partial charge in [-0.3, -0.25) is 19.3 Å². The van der Waals surface area contributed by atoms with E-state index in [-0.39, 0.29) is 29.7 Å². The van der Waals surface area contributed by atoms with E-state index in [0.29, 0.717) is 13.0 Å². The van der Waals surface area contributed by atoms with Gasteiger partial charge in [0.1, 0.15) is 22.8 Å². The van der Waals surface area contributed by atoms with Crippen LogP contribution in [0.1, 0.15) is 55.2 Å². The molecule has 5 aliphatic rings. The highest BCUT2D eigenvalue weighted by Gasteiger charge is 2.60. The van der Waals surface area contributed by atoms with Crippen LogP contribution in [0, 0.1) is 23.7 Å². The molecule has 3 fully saturated rings. The van der Waals surface area contributed by atoms with Crippen LogP contribution in [0.2, 0.25) is 0 Å². The van der Waals surface area contributed by atoms with Crippen molar-refractivity contribution >= 4 is 23.2 Å². The molecule has 1 aromatic carbocycles. The number of ketones is 2. The van der Waals surface area contributed by atoms with E-state index in [1.54, 1.807) is 0 Å². The summed E-state index contributed by atoms with van der Waals surface area (Å²) < 4.78 is 0. The van der Waals surface area contributed by atoms with Crippen molar-refractivity contribution in [3.8, 4) is 5.75 Å². The number of fused-ring (bicyclic) bond motifs is 3. The molecule has 0 aromatic heterocycles. The van der Waals surface area contributed by atoms with Crippen molar-refractivity contribution in [3.63, 3.8) is 0 Å². The fourth-order valence-electron chi connectivity index (χ4n) is 6.61. The molecule has 1 aromatic rings. The summed E-state index contributed by atoms with van der Waals surface area (Å²) in [5.74, 6) is -4.58. The first-order chi connectivity index (χ1) is 17.6. The van der Waals surface area contributed by atoms with Gasteiger partial charge in [0.2, 0.25) is 5.78 Å². The van der Waals surface area contributed by atoms with Crippen LogP contribution in [0.4, 0.5) is 0 Å². The van der Waals surface area contributed by atoms with E-state index in [9.17, 15) is 34.8 Å². The molecule has 0 aliphatic heterocycles. The molecular formula is C28H32N2O7. The van der Waals surface area contributed by atoms with Gasteiger partial charge in [-0.1, -0.05) is 6.07 Å². The van der Waals surface area contributed by atoms with Crippen molar-refractivity contribution in [1.82, 2.24) is 4.90 Å². The number of hydrogen-bond acceptors (Lipinski definition) is 8. The highest BCUT2D eigenvalue weighted by molar-refractivity contribution is 6.22. The molecule has 196 valence electrons. The summed E-state index contributed by atoms with van der Waals surface area (Å²) in [6.45, 7) is 2.72. The van der Waals surface area contributed by atoms with E-state index in [1.165, 1.54) is 31.7 Å². The quantitative estimate of drug-likeness (QED) is 0.350. The Morgan fingerprint density at radius 1 is 1.03 bits per heavy atom. The summed E-state index contributed by atoms with van der Waals surface area (Å²) in [6.07, 6.45) is 5.15. The Morgan fingerprint density at radius 3 is 2.27 bits per heavy atom. The lowest BCUT2D eigenvalue weighted by atomic mass is 9.59. The maximum atomic E-state index is 13.6. The molecule has 9 nitrogen and oxygen atoms in total. The van der Waals surface area contributed by atoms with E-state index in [0.717, 1.165) is 36.1 Å². The third kappa shape index (κ3) is 3.87. The number of hydrogen-bond donors (Lipinski definition) is 5. The predicted molar refractivity (Wildman–Crippen MR) is 132 cm³/mol. The molecule has 3 saturated carbocycles. The van der Waals surface area contributed by atoms with Crippen LogP contribution in [0.25, 0.3) is 5.76 Å². The molecule has 5 aliphatic carbocycles. The van der Waals surface area contributed by atoms with E-state index < -0.39 is 52.0 Å². The van der Waals surface area contributed by atoms with Crippen molar-refractivity contribution in [1.29, 1.82) is 0 Å². The molecule has 0 radical (unpaired) electrons. The van der Waals surface area contributed by atoms with E-state index in [2.05, 4.69) is 4.90 Å². The second kappa shape index (κ2) is 8.43. The maximum Gasteiger partial charge on any atom is 0.255 e. The summed E-state index contributed by atoms with van der Waals surface area (Å²) >= 11 is 0. The number of aliphatic hydroxyl groups is 3. The largest absolute Gasteiger partial charge is 0.508 e. The van der Waals surface area contributed by atoms with Gasteiger partial charge in [-0.05, 0) is 73.5 Å². The van der Waals surface area contributed by atoms with Gasteiger partial charge < -0.3 is 26.2 Å². The monoisotopic (exact) mass is 508 g/mol. The average molecular weight is 509 g/mol. The highest BCUT2D eigenvalue weighted by Crippen LogP contribution is 2.52. The van der Waals surface area contributed by atoms with Gasteiger partial charge in [-0.2, -0.15) is 0 Å². The van der Waals surface area contributed by atoms with Gasteiger partial charge in [-0.15, -0.1) is 0 Å². The number of amides is 1. The topological polar surface area (TPSA) is 161 Å². The van der Waals surface area contributed by atoms with Crippen molar-refractivity contribution in [2.75, 3.05) is 13.1 Å². The van der Waals surface area contributed by atoms with Crippen molar-refractivity contribution in [2.24, 2.45) is 29.4 Å². The molecule has 3 unspecified atom stereocenters. The number of rotatable bonds is 7. The number of aliphatic hydroxyl groups excluding tert-OH is 2. The summed E-state index contributed by atoms with van der Waals surface area (Å²) in [6, 6.07) is 3.39. The molecule has 6 rings (SSSR count). The number of benzene rings is 1. The number of nitrogens with zero attached hydrogens (tertiary/aromatic N) is 1. The summed E-state index contributed by atoms with van der Waals surface area (Å²) in [7, 11) is 0. The van der Waals surface area contributed by atoms with Crippen LogP contribution < -0.4 is 5.73 Å². The molecule has 9 heteroatoms. The van der Waals surface area contributed by atoms with Crippen molar-refractivity contribution in [3.05, 3.63) is 45.7 Å². The Labute approximate surface area is 214 Å². The molecular weight excluding hydrogens is 476 g/mol. The normalized spacial score (nSPS) is 29.4. The van der Waals surface area contributed by atoms with Gasteiger partial charge in [-0.25, -0.2) is 0 Å². The number of Topliss-reactive ketones (excluding diaryl/α,β-unsaturated/α-hetero) is 2. The molecule has 0 spiro atoms. The third-order valence-corrected chi connectivity index (χ3v) is 8.86. The van der Waals surface area contributed by atoms with Crippen LogP contribution in [-0.4, -0.2) is 61.5 Å². The zero-order chi connectivity index (χ0) is 26.2. The van der Waals surface area contributed by atoms with Crippen LogP contribution in [0.5, 0.6) is 5.75 Å². The van der Waals surface area contributed by atoms with Crippen LogP contribution in [0.3, 0.4) is 0 Å². The van der Waals surface area contributed by atoms with Crippen LogP contribution >= 0.6 is 0 Å². The fraction of sp³-hybridized carbons (Fsp3) is 0.536. The van der Waals surface area contributed by atoms with Gasteiger partial charge in [0.25, 0.3) is 5.91 Å². The number of nitrogens with two attached hydrogens (primary N) is 1. The van der Waals surface area contributed by atoms with E-state index >= 15 is 0 Å². The summed E-state index contributed by atoms with van der Waals surface area (Å²) in [4.78, 5) is 40.4. The standard InChI is InChI=1S/C28H32N2O7/c29-27(36)23-20(32)9-17-7-16-8-18-15(12-30(10-13-1-2-13)11-14-3-4-14)5-6-19(31)22(18)24(33)21(16)25(34)28(17,37)26(23)35/h5-6,13-14,16-17,31,33,35,37H,1-4,7-12H2,(H2,29,36). The van der Waals surface area contributed by atoms with E-state index in [1.807, 2.05) is 6.07 Å². The number of phenolic OH excluding ortho intramolecular Hbond substituents is 1. The lowest BCUT2D eigenvalue weighted by Gasteiger charge is -2.46. The van der Waals surface area contributed by atoms with Crippen molar-refractivity contribution in [2.45, 2.75) is 57.1 Å². The zero-order valence-electron chi connectivity index (χ0n) is 20.6. The lowest BCUT2D eigenvalue weighted by molar-refractivity contribution is -0.147. The smallest absolute Gasteiger partial charge is 0.255 e. The second-order valence-corrected chi connectivity index (χ2v) is 11.6. The molecule has 0 heterocycles. The SMILES string of the molecule is NC(=O)C1=C(O)C2(O)C(=O)C3=C(O)c4c(O)ccc(CN(CC5CC5)CC5CC5)c4CC3CC2CC1=O. The second-order valence-electron chi connectivity index (χ2n) is 11.6. The Hall–Kier alpha value is -3.17. The zero-order valence-corrected chi connectivity index (χ0v) is 20.6. The first-order valence-electron chi connectivity index (χ1n) is 13.1. The third-order valence-electron chi connectivity index (χ3n) is 8.86. The Bertz CT molecular complexity index is 1280. The minimum Gasteiger partial charge on any atom is -0.508 e. The number of carbonyl (C=O) groups excluding carboxylic acids is 3. The van der Waals surface area contributed by atoms with Gasteiger partial charge in [0, 0.05) is 37.5 Å². The van der Waals surface area contributed by atoms with Crippen LogP contribution in [-0.2, 0) is 27.3 Å². The van der Waals surface area contributed by atoms with E-state index in [4.69, 9.17) is 5.73 Å². The number of aromatic hydroxyl groups is 1. The minimum atomic E-state index is -2.53. The number of carbonyl (C=O) groups is 3.